The van der Waals surface area contributed by atoms with Crippen molar-refractivity contribution in [2.24, 2.45) is 11.5 Å². The summed E-state index contributed by atoms with van der Waals surface area (Å²) >= 11 is 0. The molecule has 0 bridgehead atoms. The monoisotopic (exact) mass is 160 g/mol. The van der Waals surface area contributed by atoms with Gasteiger partial charge >= 0.3 is 12.1 Å². The minimum absolute atomic E-state index is 0.250. The van der Waals surface area contributed by atoms with Crippen molar-refractivity contribution in [3.8, 4) is 0 Å². The predicted octanol–water partition coefficient (Wildman–Crippen LogP) is -0.505. The molecule has 0 unspecified atom stereocenters. The fraction of sp³-hybridized carbons (Fsp3) is 0.667. The summed E-state index contributed by atoms with van der Waals surface area (Å²) in [5.74, 6) is -2.76. The van der Waals surface area contributed by atoms with Crippen molar-refractivity contribution in [1.82, 2.24) is 0 Å². The molecular weight excluding hydrogens is 153 g/mol. The maximum atomic E-state index is 10.6. The molecular formula is C3H7F3N2O2. The van der Waals surface area contributed by atoms with Crippen molar-refractivity contribution in [1.29, 1.82) is 0 Å². The second kappa shape index (κ2) is 5.00. The Morgan fingerprint density at radius 3 is 1.50 bits per heavy atom. The number of hydrogen-bond acceptors (Lipinski definition) is 3. The summed E-state index contributed by atoms with van der Waals surface area (Å²) in [6, 6.07) is 0. The average Bonchev–Trinajstić information content (AvgIpc) is 1.64. The second-order valence-corrected chi connectivity index (χ2v) is 1.04. The quantitative estimate of drug-likeness (QED) is 0.416. The first kappa shape index (κ1) is 11.9. The van der Waals surface area contributed by atoms with E-state index in [1.807, 2.05) is 0 Å². The van der Waals surface area contributed by atoms with Crippen LogP contribution in [0.2, 0.25) is 0 Å². The van der Waals surface area contributed by atoms with Crippen molar-refractivity contribution in [2.45, 2.75) is 6.18 Å². The largest absolute Gasteiger partial charge is 0.490 e. The summed E-state index contributed by atoms with van der Waals surface area (Å²) in [6.45, 7) is 0.250. The molecule has 0 amide bonds. The summed E-state index contributed by atoms with van der Waals surface area (Å²) in [5.41, 5.74) is 9.25. The molecule has 0 aliphatic heterocycles. The lowest BCUT2D eigenvalue weighted by Gasteiger charge is -1.93. The van der Waals surface area contributed by atoms with Gasteiger partial charge < -0.3 is 16.6 Å². The van der Waals surface area contributed by atoms with Crippen molar-refractivity contribution in [2.75, 3.05) is 6.67 Å². The van der Waals surface area contributed by atoms with Crippen LogP contribution in [0.25, 0.3) is 0 Å². The smallest absolute Gasteiger partial charge is 0.475 e. The second-order valence-electron chi connectivity index (χ2n) is 1.04. The number of carboxylic acids is 1. The summed E-state index contributed by atoms with van der Waals surface area (Å²) < 4.78 is 31.7. The molecule has 7 heteroatoms. The summed E-state index contributed by atoms with van der Waals surface area (Å²) in [4.78, 5) is 8.90. The Kier molecular flexibility index (Phi) is 5.96. The standard InChI is InChI=1S/C2HF3O2.CH6N2/c3-2(4,5)1(6)7;2-1-3/h(H,6,7);1-3H2. The molecule has 0 heterocycles. The lowest BCUT2D eigenvalue weighted by atomic mass is 10.7. The highest BCUT2D eigenvalue weighted by Crippen LogP contribution is 2.13. The molecule has 10 heavy (non-hydrogen) atoms. The van der Waals surface area contributed by atoms with Gasteiger partial charge in [-0.15, -0.1) is 0 Å². The van der Waals surface area contributed by atoms with E-state index in [9.17, 15) is 13.2 Å². The Bertz CT molecular complexity index is 102. The van der Waals surface area contributed by atoms with Gasteiger partial charge in [-0.1, -0.05) is 0 Å². The summed E-state index contributed by atoms with van der Waals surface area (Å²) in [7, 11) is 0. The average molecular weight is 160 g/mol. The van der Waals surface area contributed by atoms with E-state index in [0.29, 0.717) is 0 Å². The number of hydrogen-bond donors (Lipinski definition) is 3. The first-order valence-corrected chi connectivity index (χ1v) is 2.06. The highest BCUT2D eigenvalue weighted by Gasteiger charge is 2.38. The van der Waals surface area contributed by atoms with E-state index < -0.39 is 12.1 Å². The van der Waals surface area contributed by atoms with Crippen molar-refractivity contribution < 1.29 is 23.1 Å². The molecule has 0 aliphatic carbocycles. The number of nitrogens with two attached hydrogens (primary N) is 2. The molecule has 0 saturated heterocycles. The van der Waals surface area contributed by atoms with Gasteiger partial charge in [-0.25, -0.2) is 4.79 Å². The zero-order valence-corrected chi connectivity index (χ0v) is 4.85. The predicted molar refractivity (Wildman–Crippen MR) is 26.9 cm³/mol. The number of halogens is 3. The number of rotatable bonds is 0. The van der Waals surface area contributed by atoms with E-state index in [1.54, 1.807) is 0 Å². The van der Waals surface area contributed by atoms with Gasteiger partial charge in [-0.3, -0.25) is 0 Å². The van der Waals surface area contributed by atoms with Gasteiger partial charge in [0, 0.05) is 6.67 Å². The third-order valence-electron chi connectivity index (χ3n) is 0.243. The van der Waals surface area contributed by atoms with E-state index in [4.69, 9.17) is 9.90 Å². The van der Waals surface area contributed by atoms with Crippen LogP contribution in [-0.2, 0) is 4.79 Å². The first-order chi connectivity index (χ1) is 4.36. The van der Waals surface area contributed by atoms with Gasteiger partial charge in [0.2, 0.25) is 0 Å². The van der Waals surface area contributed by atoms with Crippen molar-refractivity contribution in [3.05, 3.63) is 0 Å². The van der Waals surface area contributed by atoms with E-state index >= 15 is 0 Å². The molecule has 0 spiro atoms. The number of carboxylic acid groups (broad SMARTS) is 1. The van der Waals surface area contributed by atoms with Crippen molar-refractivity contribution >= 4 is 5.97 Å². The lowest BCUT2D eigenvalue weighted by molar-refractivity contribution is -0.192. The fourth-order valence-electron chi connectivity index (χ4n) is 0. The van der Waals surface area contributed by atoms with Gasteiger partial charge in [0.1, 0.15) is 0 Å². The molecule has 0 rings (SSSR count). The van der Waals surface area contributed by atoms with E-state index in [1.165, 1.54) is 0 Å². The number of alkyl halides is 3. The van der Waals surface area contributed by atoms with Crippen LogP contribution in [0.3, 0.4) is 0 Å². The summed E-state index contributed by atoms with van der Waals surface area (Å²) in [6.07, 6.45) is -5.08. The Morgan fingerprint density at radius 2 is 1.50 bits per heavy atom. The molecule has 0 saturated carbocycles. The third-order valence-corrected chi connectivity index (χ3v) is 0.243. The first-order valence-electron chi connectivity index (χ1n) is 2.06. The number of carbonyl (C=O) groups is 1. The van der Waals surface area contributed by atoms with Crippen LogP contribution in [0, 0.1) is 0 Å². The molecule has 0 atom stereocenters. The van der Waals surface area contributed by atoms with Crippen LogP contribution in [0.15, 0.2) is 0 Å². The van der Waals surface area contributed by atoms with Crippen molar-refractivity contribution in [3.63, 3.8) is 0 Å². The zero-order valence-electron chi connectivity index (χ0n) is 4.85. The molecule has 5 N–H and O–H groups in total. The highest BCUT2D eigenvalue weighted by atomic mass is 19.4. The van der Waals surface area contributed by atoms with Gasteiger partial charge in [-0.2, -0.15) is 13.2 Å². The highest BCUT2D eigenvalue weighted by molar-refractivity contribution is 5.73. The molecule has 4 nitrogen and oxygen atoms in total. The van der Waals surface area contributed by atoms with E-state index in [-0.39, 0.29) is 6.67 Å². The molecule has 0 aromatic heterocycles. The van der Waals surface area contributed by atoms with Crippen LogP contribution < -0.4 is 11.5 Å². The van der Waals surface area contributed by atoms with Crippen LogP contribution >= 0.6 is 0 Å². The summed E-state index contributed by atoms with van der Waals surface area (Å²) in [5, 5.41) is 7.12. The molecule has 0 aromatic rings. The molecule has 0 aliphatic rings. The Hall–Kier alpha value is -0.820. The van der Waals surface area contributed by atoms with Crippen LogP contribution in [-0.4, -0.2) is 23.9 Å². The molecule has 0 aromatic carbocycles. The fourth-order valence-corrected chi connectivity index (χ4v) is 0. The minimum atomic E-state index is -5.08. The third kappa shape index (κ3) is 10.2. The molecule has 62 valence electrons. The minimum Gasteiger partial charge on any atom is -0.475 e. The van der Waals surface area contributed by atoms with Gasteiger partial charge in [-0.05, 0) is 0 Å². The van der Waals surface area contributed by atoms with Crippen LogP contribution in [0.4, 0.5) is 13.2 Å². The maximum absolute atomic E-state index is 10.6. The van der Waals surface area contributed by atoms with Gasteiger partial charge in [0.15, 0.2) is 0 Å². The Morgan fingerprint density at radius 1 is 1.40 bits per heavy atom. The van der Waals surface area contributed by atoms with E-state index in [0.717, 1.165) is 0 Å². The lowest BCUT2D eigenvalue weighted by Crippen LogP contribution is -2.21. The molecule has 0 radical (unpaired) electrons. The molecule has 0 fully saturated rings. The topological polar surface area (TPSA) is 89.3 Å². The van der Waals surface area contributed by atoms with E-state index in [2.05, 4.69) is 11.5 Å². The zero-order chi connectivity index (χ0) is 8.78. The van der Waals surface area contributed by atoms with Gasteiger partial charge in [0.05, 0.1) is 0 Å². The van der Waals surface area contributed by atoms with Gasteiger partial charge in [0.25, 0.3) is 0 Å². The number of aliphatic carboxylic acids is 1. The maximum Gasteiger partial charge on any atom is 0.490 e. The Balaban J connectivity index is 0. The Labute approximate surface area is 54.6 Å². The SMILES string of the molecule is NCN.O=C(O)C(F)(F)F. The van der Waals surface area contributed by atoms with Crippen LogP contribution in [0.5, 0.6) is 0 Å². The normalized spacial score (nSPS) is 9.70. The van der Waals surface area contributed by atoms with Crippen LogP contribution in [0.1, 0.15) is 0 Å².